The Morgan fingerprint density at radius 1 is 1.15 bits per heavy atom. The molecule has 0 saturated carbocycles. The van der Waals surface area contributed by atoms with Gasteiger partial charge in [-0.2, -0.15) is 4.99 Å². The molecule has 1 atom stereocenters. The van der Waals surface area contributed by atoms with Crippen LogP contribution in [0.2, 0.25) is 0 Å². The van der Waals surface area contributed by atoms with E-state index >= 15 is 0 Å². The maximum atomic E-state index is 14.4. The standard InChI is InChI=1S/C33H34FN5O2/c1-6-9-23(18-29(28-17-12-21(2)37-28)35-19-24-10-7-8-11-27(24)34)30-36-20-26-31(38-30)39-32(41-33(26,3)4)22-13-15-25(40-5)16-14-22/h7-18,20-21,35H,6,19H2,1-5H3/b23-9-,29-18-. The molecule has 0 aliphatic carbocycles. The van der Waals surface area contributed by atoms with Crippen LogP contribution in [-0.2, 0) is 16.9 Å². The van der Waals surface area contributed by atoms with Gasteiger partial charge >= 0.3 is 0 Å². The van der Waals surface area contributed by atoms with E-state index < -0.39 is 5.60 Å². The number of aliphatic imine (C=N–C) groups is 2. The summed E-state index contributed by atoms with van der Waals surface area (Å²) in [6.07, 6.45) is 10.6. The van der Waals surface area contributed by atoms with Crippen LogP contribution in [0.1, 0.15) is 56.6 Å². The first kappa shape index (κ1) is 28.0. The van der Waals surface area contributed by atoms with Gasteiger partial charge in [0.25, 0.3) is 0 Å². The summed E-state index contributed by atoms with van der Waals surface area (Å²) in [7, 11) is 1.63. The van der Waals surface area contributed by atoms with Gasteiger partial charge in [-0.15, -0.1) is 0 Å². The molecule has 1 N–H and O–H groups in total. The first-order valence-corrected chi connectivity index (χ1v) is 13.7. The highest BCUT2D eigenvalue weighted by atomic mass is 19.1. The molecule has 210 valence electrons. The largest absolute Gasteiger partial charge is 0.497 e. The van der Waals surface area contributed by atoms with Gasteiger partial charge in [-0.1, -0.05) is 37.3 Å². The molecule has 3 heterocycles. The van der Waals surface area contributed by atoms with Gasteiger partial charge < -0.3 is 14.8 Å². The summed E-state index contributed by atoms with van der Waals surface area (Å²) >= 11 is 0. The highest BCUT2D eigenvalue weighted by Crippen LogP contribution is 2.37. The molecule has 0 saturated heterocycles. The van der Waals surface area contributed by atoms with Gasteiger partial charge in [0.2, 0.25) is 5.90 Å². The molecule has 3 aromatic rings. The molecule has 0 amide bonds. The number of allylic oxidation sites excluding steroid dienone is 4. The number of benzene rings is 2. The van der Waals surface area contributed by atoms with E-state index in [0.717, 1.165) is 40.3 Å². The zero-order chi connectivity index (χ0) is 29.0. The van der Waals surface area contributed by atoms with Crippen molar-refractivity contribution in [3.05, 3.63) is 113 Å². The summed E-state index contributed by atoms with van der Waals surface area (Å²) in [4.78, 5) is 19.1. The Labute approximate surface area is 240 Å². The fourth-order valence-corrected chi connectivity index (χ4v) is 4.63. The molecule has 1 aromatic heterocycles. The summed E-state index contributed by atoms with van der Waals surface area (Å²) in [6, 6.07) is 14.4. The number of nitrogens with one attached hydrogen (secondary N) is 1. The van der Waals surface area contributed by atoms with Crippen molar-refractivity contribution in [3.8, 4) is 5.75 Å². The molecule has 0 bridgehead atoms. The average molecular weight is 552 g/mol. The van der Waals surface area contributed by atoms with Crippen molar-refractivity contribution in [1.29, 1.82) is 0 Å². The lowest BCUT2D eigenvalue weighted by Crippen LogP contribution is -2.30. The molecular weight excluding hydrogens is 517 g/mol. The van der Waals surface area contributed by atoms with Crippen LogP contribution in [0.25, 0.3) is 5.57 Å². The van der Waals surface area contributed by atoms with Crippen LogP contribution in [-0.4, -0.2) is 34.7 Å². The number of ether oxygens (including phenoxy) is 2. The maximum Gasteiger partial charge on any atom is 0.223 e. The van der Waals surface area contributed by atoms with E-state index in [1.165, 1.54) is 6.07 Å². The van der Waals surface area contributed by atoms with Crippen molar-refractivity contribution in [2.45, 2.75) is 52.3 Å². The van der Waals surface area contributed by atoms with Crippen LogP contribution < -0.4 is 10.1 Å². The summed E-state index contributed by atoms with van der Waals surface area (Å²) in [5.74, 6) is 2.07. The van der Waals surface area contributed by atoms with Gasteiger partial charge in [-0.25, -0.2) is 14.4 Å². The van der Waals surface area contributed by atoms with Crippen molar-refractivity contribution in [3.63, 3.8) is 0 Å². The third-order valence-corrected chi connectivity index (χ3v) is 6.87. The molecule has 2 aromatic carbocycles. The zero-order valence-corrected chi connectivity index (χ0v) is 24.0. The summed E-state index contributed by atoms with van der Waals surface area (Å²) in [5, 5.41) is 3.40. The Balaban J connectivity index is 1.53. The third kappa shape index (κ3) is 6.27. The lowest BCUT2D eigenvalue weighted by molar-refractivity contribution is 0.0903. The van der Waals surface area contributed by atoms with E-state index in [2.05, 4.69) is 18.3 Å². The van der Waals surface area contributed by atoms with Gasteiger partial charge in [0, 0.05) is 29.4 Å². The third-order valence-electron chi connectivity index (χ3n) is 6.87. The molecule has 8 heteroatoms. The van der Waals surface area contributed by atoms with Crippen molar-refractivity contribution >= 4 is 23.0 Å². The summed E-state index contributed by atoms with van der Waals surface area (Å²) in [5.41, 5.74) is 3.89. The minimum Gasteiger partial charge on any atom is -0.497 e. The quantitative estimate of drug-likeness (QED) is 0.295. The Hall–Kier alpha value is -4.59. The second-order valence-electron chi connectivity index (χ2n) is 10.4. The molecule has 2 aliphatic rings. The number of aromatic nitrogens is 2. The normalized spacial score (nSPS) is 17.9. The summed E-state index contributed by atoms with van der Waals surface area (Å²) in [6.45, 7) is 8.35. The smallest absolute Gasteiger partial charge is 0.223 e. The predicted octanol–water partition coefficient (Wildman–Crippen LogP) is 6.83. The minimum absolute atomic E-state index is 0.0650. The molecule has 0 spiro atoms. The Kier molecular flexibility index (Phi) is 8.10. The van der Waals surface area contributed by atoms with Gasteiger partial charge in [0.15, 0.2) is 11.6 Å². The lowest BCUT2D eigenvalue weighted by Gasteiger charge is -2.31. The average Bonchev–Trinajstić information content (AvgIpc) is 3.40. The minimum atomic E-state index is -0.679. The predicted molar refractivity (Wildman–Crippen MR) is 161 cm³/mol. The van der Waals surface area contributed by atoms with E-state index in [1.54, 1.807) is 25.4 Å². The fourth-order valence-electron chi connectivity index (χ4n) is 4.63. The monoisotopic (exact) mass is 551 g/mol. The van der Waals surface area contributed by atoms with Crippen LogP contribution >= 0.6 is 0 Å². The molecular formula is C33H34FN5O2. The van der Waals surface area contributed by atoms with Gasteiger partial charge in [-0.05, 0) is 69.7 Å². The van der Waals surface area contributed by atoms with Crippen LogP contribution in [0.3, 0.4) is 0 Å². The maximum absolute atomic E-state index is 14.4. The van der Waals surface area contributed by atoms with Gasteiger partial charge in [-0.3, -0.25) is 4.99 Å². The van der Waals surface area contributed by atoms with Crippen LogP contribution in [0.4, 0.5) is 10.2 Å². The molecule has 7 nitrogen and oxygen atoms in total. The molecule has 0 radical (unpaired) electrons. The highest BCUT2D eigenvalue weighted by Gasteiger charge is 2.33. The number of fused-ring (bicyclic) bond motifs is 1. The first-order valence-electron chi connectivity index (χ1n) is 13.7. The molecule has 41 heavy (non-hydrogen) atoms. The van der Waals surface area contributed by atoms with E-state index in [4.69, 9.17) is 29.4 Å². The Morgan fingerprint density at radius 2 is 1.93 bits per heavy atom. The summed E-state index contributed by atoms with van der Waals surface area (Å²) < 4.78 is 25.9. The first-order chi connectivity index (χ1) is 19.8. The number of nitrogens with zero attached hydrogens (tertiary/aromatic N) is 4. The Bertz CT molecular complexity index is 1590. The van der Waals surface area contributed by atoms with E-state index in [9.17, 15) is 4.39 Å². The van der Waals surface area contributed by atoms with E-state index in [-0.39, 0.29) is 11.9 Å². The second-order valence-corrected chi connectivity index (χ2v) is 10.4. The number of hydrogen-bond acceptors (Lipinski definition) is 7. The molecule has 0 fully saturated rings. The number of halogens is 1. The van der Waals surface area contributed by atoms with Crippen molar-refractivity contribution in [2.24, 2.45) is 9.98 Å². The van der Waals surface area contributed by atoms with Crippen LogP contribution in [0, 0.1) is 5.82 Å². The number of hydrogen-bond donors (Lipinski definition) is 1. The fraction of sp³-hybridized carbons (Fsp3) is 0.273. The SMILES string of the molecule is CC/C=C(/C=C(\NCc1ccccc1F)C1=NC(C)C=C1)c1ncc2c(n1)N=C(c1ccc(OC)cc1)OC2(C)C. The van der Waals surface area contributed by atoms with Crippen LogP contribution in [0.15, 0.2) is 94.7 Å². The van der Waals surface area contributed by atoms with E-state index in [0.29, 0.717) is 29.6 Å². The van der Waals surface area contributed by atoms with Crippen molar-refractivity contribution in [1.82, 2.24) is 15.3 Å². The second kappa shape index (κ2) is 11.9. The van der Waals surface area contributed by atoms with Crippen LogP contribution in [0.5, 0.6) is 5.75 Å². The lowest BCUT2D eigenvalue weighted by atomic mass is 9.98. The number of methoxy groups -OCH3 is 1. The van der Waals surface area contributed by atoms with Crippen molar-refractivity contribution < 1.29 is 13.9 Å². The zero-order valence-electron chi connectivity index (χ0n) is 24.0. The van der Waals surface area contributed by atoms with Crippen molar-refractivity contribution in [2.75, 3.05) is 7.11 Å². The van der Waals surface area contributed by atoms with Gasteiger partial charge in [0.1, 0.15) is 17.2 Å². The molecule has 1 unspecified atom stereocenters. The molecule has 5 rings (SSSR count). The molecule has 2 aliphatic heterocycles. The number of rotatable bonds is 9. The highest BCUT2D eigenvalue weighted by molar-refractivity contribution is 6.10. The van der Waals surface area contributed by atoms with Gasteiger partial charge in [0.05, 0.1) is 30.1 Å². The topological polar surface area (TPSA) is 81.0 Å². The van der Waals surface area contributed by atoms with E-state index in [1.807, 2.05) is 69.3 Å². The Morgan fingerprint density at radius 3 is 2.61 bits per heavy atom.